The van der Waals surface area contributed by atoms with E-state index in [4.69, 9.17) is 19.4 Å². The normalized spacial score (nSPS) is 13.2. The highest BCUT2D eigenvalue weighted by Crippen LogP contribution is 2.53. The quantitative estimate of drug-likeness (QED) is 0.186. The Kier molecular flexibility index (Phi) is 6.23. The molecule has 1 aliphatic rings. The largest absolute Gasteiger partial charge is 0.456 e. The molecule has 3 heterocycles. The molecule has 0 fully saturated rings. The molecule has 250 valence electrons. The predicted molar refractivity (Wildman–Crippen MR) is 215 cm³/mol. The first kappa shape index (κ1) is 29.8. The number of aromatic nitrogens is 4. The van der Waals surface area contributed by atoms with Crippen LogP contribution in [0.15, 0.2) is 162 Å². The average Bonchev–Trinajstić information content (AvgIpc) is 3.84. The fourth-order valence-corrected chi connectivity index (χ4v) is 8.64. The highest BCUT2D eigenvalue weighted by atomic mass is 16.3. The molecule has 10 aromatic rings. The van der Waals surface area contributed by atoms with Gasteiger partial charge in [0.15, 0.2) is 17.5 Å². The Labute approximate surface area is 305 Å². The Bertz CT molecular complexity index is 3080. The highest BCUT2D eigenvalue weighted by molar-refractivity contribution is 6.13. The van der Waals surface area contributed by atoms with Crippen molar-refractivity contribution in [1.82, 2.24) is 19.5 Å². The third-order valence-electron chi connectivity index (χ3n) is 11.0. The van der Waals surface area contributed by atoms with Gasteiger partial charge in [-0.25, -0.2) is 15.0 Å². The summed E-state index contributed by atoms with van der Waals surface area (Å²) in [7, 11) is 0. The van der Waals surface area contributed by atoms with Gasteiger partial charge < -0.3 is 8.98 Å². The first-order valence-corrected chi connectivity index (χ1v) is 18.0. The van der Waals surface area contributed by atoms with Crippen LogP contribution in [0.2, 0.25) is 0 Å². The molecule has 0 saturated heterocycles. The first-order chi connectivity index (χ1) is 26.0. The van der Waals surface area contributed by atoms with Crippen molar-refractivity contribution in [3.05, 3.63) is 169 Å². The number of nitrogens with zero attached hydrogens (tertiary/aromatic N) is 4. The Morgan fingerprint density at radius 3 is 1.94 bits per heavy atom. The fourth-order valence-electron chi connectivity index (χ4n) is 8.64. The summed E-state index contributed by atoms with van der Waals surface area (Å²) in [5, 5.41) is 4.55. The average molecular weight is 681 g/mol. The predicted octanol–water partition coefficient (Wildman–Crippen LogP) is 12.2. The van der Waals surface area contributed by atoms with Crippen molar-refractivity contribution in [2.45, 2.75) is 19.3 Å². The van der Waals surface area contributed by atoms with E-state index in [0.717, 1.165) is 44.3 Å². The third kappa shape index (κ3) is 4.34. The zero-order chi connectivity index (χ0) is 35.3. The second-order valence-corrected chi connectivity index (χ2v) is 14.4. The van der Waals surface area contributed by atoms with Crippen LogP contribution >= 0.6 is 0 Å². The molecule has 5 nitrogen and oxygen atoms in total. The van der Waals surface area contributed by atoms with E-state index >= 15 is 0 Å². The van der Waals surface area contributed by atoms with Gasteiger partial charge >= 0.3 is 0 Å². The van der Waals surface area contributed by atoms with Crippen molar-refractivity contribution in [1.29, 1.82) is 0 Å². The lowest BCUT2D eigenvalue weighted by atomic mass is 9.81. The molecule has 0 atom stereocenters. The zero-order valence-electron chi connectivity index (χ0n) is 29.2. The van der Waals surface area contributed by atoms with E-state index in [9.17, 15) is 0 Å². The van der Waals surface area contributed by atoms with Gasteiger partial charge in [-0.2, -0.15) is 0 Å². The summed E-state index contributed by atoms with van der Waals surface area (Å²) in [6.45, 7) is 4.72. The molecule has 7 aromatic carbocycles. The first-order valence-electron chi connectivity index (χ1n) is 18.0. The Balaban J connectivity index is 1.11. The van der Waals surface area contributed by atoms with Gasteiger partial charge in [-0.05, 0) is 64.7 Å². The molecule has 0 radical (unpaired) electrons. The van der Waals surface area contributed by atoms with Gasteiger partial charge in [0, 0.05) is 49.3 Å². The van der Waals surface area contributed by atoms with Crippen LogP contribution in [0.5, 0.6) is 0 Å². The van der Waals surface area contributed by atoms with E-state index in [2.05, 4.69) is 115 Å². The minimum absolute atomic E-state index is 0.157. The fraction of sp³-hybridized carbons (Fsp3) is 0.0625. The van der Waals surface area contributed by atoms with E-state index in [1.54, 1.807) is 0 Å². The maximum absolute atomic E-state index is 6.24. The van der Waals surface area contributed by atoms with Crippen molar-refractivity contribution in [2.75, 3.05) is 0 Å². The molecular weight excluding hydrogens is 649 g/mol. The highest BCUT2D eigenvalue weighted by Gasteiger charge is 2.38. The molecule has 11 rings (SSSR count). The number of benzene rings is 7. The second kappa shape index (κ2) is 11.1. The van der Waals surface area contributed by atoms with Crippen LogP contribution in [-0.2, 0) is 5.41 Å². The molecule has 53 heavy (non-hydrogen) atoms. The number of para-hydroxylation sites is 2. The summed E-state index contributed by atoms with van der Waals surface area (Å²) >= 11 is 0. The van der Waals surface area contributed by atoms with Gasteiger partial charge in [0.2, 0.25) is 0 Å². The Morgan fingerprint density at radius 2 is 1.11 bits per heavy atom. The van der Waals surface area contributed by atoms with Crippen molar-refractivity contribution >= 4 is 43.7 Å². The molecule has 0 unspecified atom stereocenters. The molecule has 0 spiro atoms. The van der Waals surface area contributed by atoms with E-state index in [1.807, 2.05) is 60.7 Å². The summed E-state index contributed by atoms with van der Waals surface area (Å²) < 4.78 is 8.68. The standard InChI is InChI=1S/C48H32N4O/c1-48(2)38-19-9-6-15-32(38)34-27-28-35-33-16-7-10-20-39(33)52(44(35)43(34)48)31-25-23-30(24-26-31)46-49-45(29-13-4-3-5-14-29)50-47(51-46)37-18-12-22-41-42(37)36-17-8-11-21-40(36)53-41/h3-28H,1-2H3. The Hall–Kier alpha value is -6.85. The van der Waals surface area contributed by atoms with E-state index < -0.39 is 0 Å². The van der Waals surface area contributed by atoms with E-state index in [-0.39, 0.29) is 5.41 Å². The molecule has 5 heteroatoms. The zero-order valence-corrected chi connectivity index (χ0v) is 29.2. The minimum Gasteiger partial charge on any atom is -0.456 e. The van der Waals surface area contributed by atoms with Crippen LogP contribution < -0.4 is 0 Å². The maximum atomic E-state index is 6.24. The van der Waals surface area contributed by atoms with Crippen LogP contribution in [0.4, 0.5) is 0 Å². The lowest BCUT2D eigenvalue weighted by Crippen LogP contribution is -2.16. The minimum atomic E-state index is -0.157. The molecular formula is C48H32N4O. The second-order valence-electron chi connectivity index (χ2n) is 14.4. The molecule has 0 saturated carbocycles. The van der Waals surface area contributed by atoms with Gasteiger partial charge in [0.05, 0.1) is 11.0 Å². The van der Waals surface area contributed by atoms with Gasteiger partial charge in [-0.3, -0.25) is 0 Å². The number of hydrogen-bond acceptors (Lipinski definition) is 4. The van der Waals surface area contributed by atoms with Crippen LogP contribution in [0, 0.1) is 0 Å². The van der Waals surface area contributed by atoms with Gasteiger partial charge in [0.1, 0.15) is 11.2 Å². The number of hydrogen-bond donors (Lipinski definition) is 0. The lowest BCUT2D eigenvalue weighted by molar-refractivity contribution is 0.664. The summed E-state index contributed by atoms with van der Waals surface area (Å²) in [5.74, 6) is 1.85. The van der Waals surface area contributed by atoms with Crippen molar-refractivity contribution in [3.63, 3.8) is 0 Å². The van der Waals surface area contributed by atoms with E-state index in [1.165, 1.54) is 44.1 Å². The smallest absolute Gasteiger partial charge is 0.164 e. The molecule has 3 aromatic heterocycles. The molecule has 0 bridgehead atoms. The lowest BCUT2D eigenvalue weighted by Gasteiger charge is -2.23. The van der Waals surface area contributed by atoms with Crippen LogP contribution in [-0.4, -0.2) is 19.5 Å². The van der Waals surface area contributed by atoms with Gasteiger partial charge in [-0.15, -0.1) is 0 Å². The van der Waals surface area contributed by atoms with Crippen LogP contribution in [0.1, 0.15) is 25.0 Å². The molecule has 0 aliphatic heterocycles. The molecule has 0 N–H and O–H groups in total. The number of rotatable bonds is 4. The van der Waals surface area contributed by atoms with Crippen LogP contribution in [0.25, 0.3) is 94.7 Å². The summed E-state index contributed by atoms with van der Waals surface area (Å²) in [6, 6.07) is 55.2. The summed E-state index contributed by atoms with van der Waals surface area (Å²) in [5.41, 5.74) is 13.1. The topological polar surface area (TPSA) is 56.7 Å². The molecule has 0 amide bonds. The third-order valence-corrected chi connectivity index (χ3v) is 11.0. The summed E-state index contributed by atoms with van der Waals surface area (Å²) in [4.78, 5) is 15.3. The monoisotopic (exact) mass is 680 g/mol. The molecule has 1 aliphatic carbocycles. The SMILES string of the molecule is CC1(C)c2ccccc2-c2ccc3c4ccccc4n(-c4ccc(-c5nc(-c6ccccc6)nc(-c6cccc7oc8ccccc8c67)n5)cc4)c3c21. The Morgan fingerprint density at radius 1 is 0.472 bits per heavy atom. The maximum Gasteiger partial charge on any atom is 0.164 e. The van der Waals surface area contributed by atoms with Gasteiger partial charge in [0.25, 0.3) is 0 Å². The number of furan rings is 1. The van der Waals surface area contributed by atoms with E-state index in [0.29, 0.717) is 17.5 Å². The summed E-state index contributed by atoms with van der Waals surface area (Å²) in [6.07, 6.45) is 0. The van der Waals surface area contributed by atoms with Crippen molar-refractivity contribution < 1.29 is 4.42 Å². The number of fused-ring (bicyclic) bond motifs is 10. The van der Waals surface area contributed by atoms with Gasteiger partial charge in [-0.1, -0.05) is 129 Å². The van der Waals surface area contributed by atoms with Crippen LogP contribution in [0.3, 0.4) is 0 Å². The van der Waals surface area contributed by atoms with Crippen molar-refractivity contribution in [3.8, 4) is 51.0 Å². The van der Waals surface area contributed by atoms with Crippen molar-refractivity contribution in [2.24, 2.45) is 0 Å².